The molecule has 0 aromatic carbocycles. The summed E-state index contributed by atoms with van der Waals surface area (Å²) in [6, 6.07) is 6.64. The van der Waals surface area contributed by atoms with Crippen LogP contribution in [0.25, 0.3) is 21.6 Å². The van der Waals surface area contributed by atoms with Gasteiger partial charge in [-0.1, -0.05) is 0 Å². The maximum Gasteiger partial charge on any atom is 0.0432 e. The van der Waals surface area contributed by atoms with Gasteiger partial charge in [-0.3, -0.25) is 0 Å². The van der Waals surface area contributed by atoms with Gasteiger partial charge in [0, 0.05) is 20.9 Å². The fourth-order valence-electron chi connectivity index (χ4n) is 1.78. The molecule has 3 aromatic rings. The first kappa shape index (κ1) is 10.3. The molecule has 80 valence electrons. The molecule has 0 nitrogen and oxygen atoms in total. The van der Waals surface area contributed by atoms with E-state index in [9.17, 15) is 0 Å². The minimum absolute atomic E-state index is 1.34. The van der Waals surface area contributed by atoms with Crippen molar-refractivity contribution in [1.82, 2.24) is 0 Å². The van der Waals surface area contributed by atoms with E-state index in [-0.39, 0.29) is 0 Å². The van der Waals surface area contributed by atoms with Gasteiger partial charge in [-0.05, 0) is 52.2 Å². The Kier molecular flexibility index (Phi) is 2.67. The predicted octanol–water partition coefficient (Wildman–Crippen LogP) is 5.51. The van der Waals surface area contributed by atoms with Crippen molar-refractivity contribution in [2.45, 2.75) is 6.92 Å². The van der Waals surface area contributed by atoms with Gasteiger partial charge in [0.2, 0.25) is 0 Å². The summed E-state index contributed by atoms with van der Waals surface area (Å²) in [4.78, 5) is 2.80. The third kappa shape index (κ3) is 1.65. The molecule has 3 heteroatoms. The molecule has 0 amide bonds. The van der Waals surface area contributed by atoms with Gasteiger partial charge in [-0.15, -0.1) is 22.7 Å². The Balaban J connectivity index is 2.17. The van der Waals surface area contributed by atoms with Crippen molar-refractivity contribution in [3.05, 3.63) is 44.6 Å². The van der Waals surface area contributed by atoms with Crippen molar-refractivity contribution < 1.29 is 0 Å². The van der Waals surface area contributed by atoms with Crippen molar-refractivity contribution in [1.29, 1.82) is 0 Å². The molecule has 0 aliphatic carbocycles. The Morgan fingerprint density at radius 1 is 0.875 bits per heavy atom. The van der Waals surface area contributed by atoms with Crippen LogP contribution in [-0.2, 0) is 0 Å². The molecule has 0 aliphatic rings. The van der Waals surface area contributed by atoms with Gasteiger partial charge in [-0.2, -0.15) is 11.3 Å². The number of hydrogen-bond donors (Lipinski definition) is 0. The summed E-state index contributed by atoms with van der Waals surface area (Å²) in [6.07, 6.45) is 0. The zero-order valence-corrected chi connectivity index (χ0v) is 11.2. The van der Waals surface area contributed by atoms with Crippen LogP contribution in [0.4, 0.5) is 0 Å². The molecule has 0 saturated heterocycles. The molecule has 0 aliphatic heterocycles. The summed E-state index contributed by atoms with van der Waals surface area (Å²) in [6.45, 7) is 2.19. The largest absolute Gasteiger partial charge is 0.152 e. The third-order valence-corrected chi connectivity index (χ3v) is 5.08. The van der Waals surface area contributed by atoms with Gasteiger partial charge < -0.3 is 0 Å². The molecular formula is C13H10S3. The summed E-state index contributed by atoms with van der Waals surface area (Å²) in [5.74, 6) is 0. The van der Waals surface area contributed by atoms with Gasteiger partial charge in [0.25, 0.3) is 0 Å². The quantitative estimate of drug-likeness (QED) is 0.571. The van der Waals surface area contributed by atoms with Gasteiger partial charge in [-0.25, -0.2) is 0 Å². The smallest absolute Gasteiger partial charge is 0.0432 e. The fourth-order valence-corrected chi connectivity index (χ4v) is 4.21. The molecule has 0 radical (unpaired) electrons. The highest BCUT2D eigenvalue weighted by molar-refractivity contribution is 7.15. The highest BCUT2D eigenvalue weighted by Gasteiger charge is 2.11. The maximum atomic E-state index is 2.22. The van der Waals surface area contributed by atoms with Gasteiger partial charge >= 0.3 is 0 Å². The van der Waals surface area contributed by atoms with E-state index in [1.165, 1.54) is 26.4 Å². The van der Waals surface area contributed by atoms with Crippen molar-refractivity contribution in [2.75, 3.05) is 0 Å². The first-order valence-electron chi connectivity index (χ1n) is 5.01. The summed E-state index contributed by atoms with van der Waals surface area (Å²) in [5.41, 5.74) is 4.10. The second-order valence-electron chi connectivity index (χ2n) is 3.57. The topological polar surface area (TPSA) is 0 Å². The molecule has 0 N–H and O–H groups in total. The number of aryl methyl sites for hydroxylation is 1. The SMILES string of the molecule is Cc1sccc1-c1sccc1-c1ccsc1. The first-order chi connectivity index (χ1) is 7.86. The summed E-state index contributed by atoms with van der Waals surface area (Å²) >= 11 is 5.40. The van der Waals surface area contributed by atoms with E-state index in [0.717, 1.165) is 0 Å². The number of thiophene rings is 3. The standard InChI is InChI=1S/C13H10S3/c1-9-11(3-6-15-9)13-12(4-7-16-13)10-2-5-14-8-10/h2-8H,1H3. The van der Waals surface area contributed by atoms with Gasteiger partial charge in [0.1, 0.15) is 0 Å². The van der Waals surface area contributed by atoms with Gasteiger partial charge in [0.05, 0.1) is 0 Å². The Hall–Kier alpha value is -0.900. The molecular weight excluding hydrogens is 252 g/mol. The molecule has 16 heavy (non-hydrogen) atoms. The molecule has 0 unspecified atom stereocenters. The molecule has 3 heterocycles. The molecule has 0 bridgehead atoms. The van der Waals surface area contributed by atoms with Crippen LogP contribution in [0.3, 0.4) is 0 Å². The highest BCUT2D eigenvalue weighted by Crippen LogP contribution is 2.40. The van der Waals surface area contributed by atoms with Gasteiger partial charge in [0.15, 0.2) is 0 Å². The van der Waals surface area contributed by atoms with Crippen LogP contribution in [0.1, 0.15) is 4.88 Å². The van der Waals surface area contributed by atoms with E-state index >= 15 is 0 Å². The second kappa shape index (κ2) is 4.17. The lowest BCUT2D eigenvalue weighted by Crippen LogP contribution is -1.75. The average Bonchev–Trinajstić information content (AvgIpc) is 2.95. The number of hydrogen-bond acceptors (Lipinski definition) is 3. The lowest BCUT2D eigenvalue weighted by Gasteiger charge is -2.01. The lowest BCUT2D eigenvalue weighted by molar-refractivity contribution is 1.63. The average molecular weight is 262 g/mol. The minimum atomic E-state index is 1.34. The molecule has 3 rings (SSSR count). The first-order valence-corrected chi connectivity index (χ1v) is 7.71. The number of rotatable bonds is 2. The van der Waals surface area contributed by atoms with Crippen LogP contribution in [0.2, 0.25) is 0 Å². The third-order valence-electron chi connectivity index (χ3n) is 2.60. The Morgan fingerprint density at radius 2 is 1.69 bits per heavy atom. The van der Waals surface area contributed by atoms with E-state index < -0.39 is 0 Å². The van der Waals surface area contributed by atoms with E-state index in [1.807, 2.05) is 22.7 Å². The zero-order chi connectivity index (χ0) is 11.0. The maximum absolute atomic E-state index is 2.22. The van der Waals surface area contributed by atoms with Crippen LogP contribution in [0.15, 0.2) is 39.7 Å². The fraction of sp³-hybridized carbons (Fsp3) is 0.0769. The lowest BCUT2D eigenvalue weighted by atomic mass is 10.1. The van der Waals surface area contributed by atoms with Crippen molar-refractivity contribution in [3.8, 4) is 21.6 Å². The predicted molar refractivity (Wildman–Crippen MR) is 75.7 cm³/mol. The minimum Gasteiger partial charge on any atom is -0.152 e. The molecule has 0 spiro atoms. The highest BCUT2D eigenvalue weighted by atomic mass is 32.1. The summed E-state index contributed by atoms with van der Waals surface area (Å²) in [5, 5.41) is 8.70. The van der Waals surface area contributed by atoms with Crippen LogP contribution in [0.5, 0.6) is 0 Å². The normalized spacial score (nSPS) is 10.8. The van der Waals surface area contributed by atoms with Crippen LogP contribution in [-0.4, -0.2) is 0 Å². The summed E-state index contributed by atoms with van der Waals surface area (Å²) in [7, 11) is 0. The zero-order valence-electron chi connectivity index (χ0n) is 8.77. The van der Waals surface area contributed by atoms with E-state index in [2.05, 4.69) is 46.6 Å². The molecule has 3 aromatic heterocycles. The van der Waals surface area contributed by atoms with Crippen LogP contribution < -0.4 is 0 Å². The van der Waals surface area contributed by atoms with E-state index in [4.69, 9.17) is 0 Å². The van der Waals surface area contributed by atoms with Crippen LogP contribution in [0, 0.1) is 6.92 Å². The Morgan fingerprint density at radius 3 is 2.38 bits per heavy atom. The van der Waals surface area contributed by atoms with E-state index in [0.29, 0.717) is 0 Å². The monoisotopic (exact) mass is 262 g/mol. The van der Waals surface area contributed by atoms with Crippen molar-refractivity contribution in [3.63, 3.8) is 0 Å². The van der Waals surface area contributed by atoms with Crippen molar-refractivity contribution in [2.24, 2.45) is 0 Å². The summed E-state index contributed by atoms with van der Waals surface area (Å²) < 4.78 is 0. The molecule has 0 fully saturated rings. The van der Waals surface area contributed by atoms with Crippen LogP contribution >= 0.6 is 34.0 Å². The molecule has 0 atom stereocenters. The Bertz CT molecular complexity index is 584. The van der Waals surface area contributed by atoms with Crippen molar-refractivity contribution >= 4 is 34.0 Å². The molecule has 0 saturated carbocycles. The second-order valence-corrected chi connectivity index (χ2v) is 6.38. The van der Waals surface area contributed by atoms with E-state index in [1.54, 1.807) is 11.3 Å². The Labute approximate surface area is 107 Å².